The molecular formula is C17H19ClN4O3S. The molecule has 0 aliphatic carbocycles. The van der Waals surface area contributed by atoms with Crippen molar-refractivity contribution in [1.29, 1.82) is 0 Å². The molecule has 9 heteroatoms. The largest absolute Gasteiger partial charge is 0.351 e. The molecule has 3 heterocycles. The summed E-state index contributed by atoms with van der Waals surface area (Å²) in [6, 6.07) is 3.34. The zero-order chi connectivity index (χ0) is 18.5. The van der Waals surface area contributed by atoms with Crippen LogP contribution in [0.25, 0.3) is 0 Å². The number of hydrogen-bond donors (Lipinski definition) is 1. The lowest BCUT2D eigenvalue weighted by Crippen LogP contribution is -2.43. The summed E-state index contributed by atoms with van der Waals surface area (Å²) in [6.07, 6.45) is 4.59. The maximum Gasteiger partial charge on any atom is 0.347 e. The molecule has 1 aliphatic rings. The van der Waals surface area contributed by atoms with Crippen LogP contribution in [0.3, 0.4) is 0 Å². The molecule has 0 radical (unpaired) electrons. The third kappa shape index (κ3) is 4.50. The van der Waals surface area contributed by atoms with Crippen LogP contribution in [0, 0.1) is 5.92 Å². The van der Waals surface area contributed by atoms with Crippen LogP contribution in [0.4, 0.5) is 0 Å². The third-order valence-electron chi connectivity index (χ3n) is 4.43. The lowest BCUT2D eigenvalue weighted by atomic mass is 9.96. The zero-order valence-electron chi connectivity index (χ0n) is 14.1. The molecule has 1 fully saturated rings. The number of likely N-dealkylation sites (tertiary alicyclic amines) is 1. The van der Waals surface area contributed by atoms with Crippen molar-refractivity contribution in [3.63, 3.8) is 0 Å². The molecule has 1 N–H and O–H groups in total. The van der Waals surface area contributed by atoms with E-state index in [1.54, 1.807) is 28.6 Å². The Hall–Kier alpha value is -2.19. The Kier molecular flexibility index (Phi) is 6.05. The Labute approximate surface area is 159 Å². The molecule has 1 aliphatic heterocycles. The quantitative estimate of drug-likeness (QED) is 0.835. The van der Waals surface area contributed by atoms with E-state index in [1.165, 1.54) is 22.1 Å². The minimum atomic E-state index is -0.425. The van der Waals surface area contributed by atoms with Gasteiger partial charge in [0.05, 0.1) is 5.02 Å². The van der Waals surface area contributed by atoms with E-state index in [9.17, 15) is 14.4 Å². The van der Waals surface area contributed by atoms with Gasteiger partial charge in [0.2, 0.25) is 5.91 Å². The van der Waals surface area contributed by atoms with E-state index >= 15 is 0 Å². The van der Waals surface area contributed by atoms with Crippen LogP contribution in [-0.2, 0) is 11.3 Å². The van der Waals surface area contributed by atoms with Crippen molar-refractivity contribution in [2.45, 2.75) is 19.4 Å². The Morgan fingerprint density at radius 1 is 1.35 bits per heavy atom. The summed E-state index contributed by atoms with van der Waals surface area (Å²) in [5.41, 5.74) is -0.425. The minimum Gasteiger partial charge on any atom is -0.351 e. The molecule has 1 saturated heterocycles. The summed E-state index contributed by atoms with van der Waals surface area (Å²) < 4.78 is 1.30. The molecule has 138 valence electrons. The van der Waals surface area contributed by atoms with Crippen LogP contribution >= 0.6 is 22.9 Å². The number of hydrogen-bond acceptors (Lipinski definition) is 5. The first-order chi connectivity index (χ1) is 12.5. The number of thiophene rings is 1. The fraction of sp³-hybridized carbons (Fsp3) is 0.412. The van der Waals surface area contributed by atoms with E-state index in [4.69, 9.17) is 11.6 Å². The maximum absolute atomic E-state index is 12.3. The van der Waals surface area contributed by atoms with Crippen molar-refractivity contribution < 1.29 is 9.59 Å². The Morgan fingerprint density at radius 3 is 2.77 bits per heavy atom. The number of nitrogens with zero attached hydrogens (tertiary/aromatic N) is 3. The topological polar surface area (TPSA) is 84.3 Å². The second kappa shape index (κ2) is 8.46. The monoisotopic (exact) mass is 394 g/mol. The van der Waals surface area contributed by atoms with Gasteiger partial charge in [-0.3, -0.25) is 14.2 Å². The number of aromatic nitrogens is 2. The van der Waals surface area contributed by atoms with E-state index in [0.717, 1.165) is 12.8 Å². The fourth-order valence-electron chi connectivity index (χ4n) is 2.91. The summed E-state index contributed by atoms with van der Waals surface area (Å²) in [5.74, 6) is 0.0789. The number of nitrogens with one attached hydrogen (secondary N) is 1. The number of halogens is 1. The number of carbonyl (C=O) groups is 2. The SMILES string of the molecule is O=C(NCC1CCN(C(=O)Cn2cccnc2=O)CC1)c1sccc1Cl. The highest BCUT2D eigenvalue weighted by Crippen LogP contribution is 2.22. The van der Waals surface area contributed by atoms with E-state index in [2.05, 4.69) is 10.3 Å². The molecule has 7 nitrogen and oxygen atoms in total. The van der Waals surface area contributed by atoms with Gasteiger partial charge in [-0.15, -0.1) is 11.3 Å². The van der Waals surface area contributed by atoms with E-state index in [1.807, 2.05) is 0 Å². The van der Waals surface area contributed by atoms with Crippen molar-refractivity contribution in [3.05, 3.63) is 50.3 Å². The lowest BCUT2D eigenvalue weighted by Gasteiger charge is -2.32. The lowest BCUT2D eigenvalue weighted by molar-refractivity contribution is -0.133. The van der Waals surface area contributed by atoms with Crippen molar-refractivity contribution >= 4 is 34.8 Å². The zero-order valence-corrected chi connectivity index (χ0v) is 15.6. The van der Waals surface area contributed by atoms with E-state index in [0.29, 0.717) is 35.5 Å². The molecule has 0 atom stereocenters. The highest BCUT2D eigenvalue weighted by atomic mass is 35.5. The average Bonchev–Trinajstić information content (AvgIpc) is 3.08. The Bertz CT molecular complexity index is 842. The maximum atomic E-state index is 12.3. The van der Waals surface area contributed by atoms with Crippen LogP contribution in [-0.4, -0.2) is 45.9 Å². The normalized spacial score (nSPS) is 15.0. The molecule has 0 saturated carbocycles. The molecule has 2 aromatic heterocycles. The van der Waals surface area contributed by atoms with Crippen molar-refractivity contribution in [2.75, 3.05) is 19.6 Å². The summed E-state index contributed by atoms with van der Waals surface area (Å²) in [5, 5.41) is 5.17. The van der Waals surface area contributed by atoms with Crippen LogP contribution in [0.1, 0.15) is 22.5 Å². The molecule has 0 bridgehead atoms. The Morgan fingerprint density at radius 2 is 2.12 bits per heavy atom. The second-order valence-electron chi connectivity index (χ2n) is 6.16. The van der Waals surface area contributed by atoms with Crippen LogP contribution in [0.2, 0.25) is 5.02 Å². The first-order valence-corrected chi connectivity index (χ1v) is 9.61. The van der Waals surface area contributed by atoms with E-state index in [-0.39, 0.29) is 18.4 Å². The molecular weight excluding hydrogens is 376 g/mol. The van der Waals surface area contributed by atoms with Crippen molar-refractivity contribution in [2.24, 2.45) is 5.92 Å². The Balaban J connectivity index is 1.45. The third-order valence-corrected chi connectivity index (χ3v) is 5.77. The molecule has 26 heavy (non-hydrogen) atoms. The molecule has 3 rings (SSSR count). The first-order valence-electron chi connectivity index (χ1n) is 8.35. The predicted molar refractivity (Wildman–Crippen MR) is 99.5 cm³/mol. The van der Waals surface area contributed by atoms with Gasteiger partial charge in [0.15, 0.2) is 0 Å². The van der Waals surface area contributed by atoms with Crippen LogP contribution < -0.4 is 11.0 Å². The number of amides is 2. The smallest absolute Gasteiger partial charge is 0.347 e. The molecule has 2 amide bonds. The van der Waals surface area contributed by atoms with E-state index < -0.39 is 5.69 Å². The fourth-order valence-corrected chi connectivity index (χ4v) is 3.97. The second-order valence-corrected chi connectivity index (χ2v) is 7.49. The van der Waals surface area contributed by atoms with Gasteiger partial charge in [0.25, 0.3) is 5.91 Å². The summed E-state index contributed by atoms with van der Waals surface area (Å²) in [6.45, 7) is 1.81. The van der Waals surface area contributed by atoms with Gasteiger partial charge in [-0.25, -0.2) is 9.78 Å². The summed E-state index contributed by atoms with van der Waals surface area (Å²) in [4.78, 5) is 42.0. The van der Waals surface area contributed by atoms with Crippen molar-refractivity contribution in [1.82, 2.24) is 19.8 Å². The number of carbonyl (C=O) groups excluding carboxylic acids is 2. The summed E-state index contributed by atoms with van der Waals surface area (Å²) in [7, 11) is 0. The molecule has 0 aromatic carbocycles. The number of piperidine rings is 1. The molecule has 0 unspecified atom stereocenters. The minimum absolute atomic E-state index is 0.00491. The molecule has 0 spiro atoms. The highest BCUT2D eigenvalue weighted by Gasteiger charge is 2.24. The molecule has 2 aromatic rings. The van der Waals surface area contributed by atoms with Crippen LogP contribution in [0.5, 0.6) is 0 Å². The van der Waals surface area contributed by atoms with Gasteiger partial charge in [-0.05, 0) is 36.3 Å². The average molecular weight is 395 g/mol. The summed E-state index contributed by atoms with van der Waals surface area (Å²) >= 11 is 7.29. The van der Waals surface area contributed by atoms with Gasteiger partial charge in [0.1, 0.15) is 11.4 Å². The standard InChI is InChI=1S/C17H19ClN4O3S/c18-13-4-9-26-15(13)16(24)20-10-12-2-7-21(8-3-12)14(23)11-22-6-1-5-19-17(22)25/h1,4-6,9,12H,2-3,7-8,10-11H2,(H,20,24). The van der Waals surface area contributed by atoms with Crippen molar-refractivity contribution in [3.8, 4) is 0 Å². The van der Waals surface area contributed by atoms with Gasteiger partial charge >= 0.3 is 5.69 Å². The van der Waals surface area contributed by atoms with Gasteiger partial charge < -0.3 is 10.2 Å². The first kappa shape index (κ1) is 18.6. The van der Waals surface area contributed by atoms with Gasteiger partial charge in [-0.2, -0.15) is 0 Å². The highest BCUT2D eigenvalue weighted by molar-refractivity contribution is 7.12. The van der Waals surface area contributed by atoms with Gasteiger partial charge in [-0.1, -0.05) is 11.6 Å². The van der Waals surface area contributed by atoms with Crippen LogP contribution in [0.15, 0.2) is 34.7 Å². The predicted octanol–water partition coefficient (Wildman–Crippen LogP) is 1.63. The number of rotatable bonds is 5. The van der Waals surface area contributed by atoms with Gasteiger partial charge in [0, 0.05) is 32.0 Å².